The number of fused-ring (bicyclic) bond motifs is 1. The molecule has 4 rings (SSSR count). The molecule has 30 heavy (non-hydrogen) atoms. The van der Waals surface area contributed by atoms with E-state index in [0.717, 1.165) is 42.1 Å². The van der Waals surface area contributed by atoms with Gasteiger partial charge in [0.15, 0.2) is 11.4 Å². The molecule has 0 bridgehead atoms. The molecule has 0 amide bonds. The number of esters is 1. The number of nitrogens with one attached hydrogen (secondary N) is 1. The molecule has 2 aromatic heterocycles. The summed E-state index contributed by atoms with van der Waals surface area (Å²) in [6.07, 6.45) is 2.37. The normalized spacial score (nSPS) is 14.3. The molecule has 0 aliphatic carbocycles. The first-order chi connectivity index (χ1) is 14.6. The third-order valence-electron chi connectivity index (χ3n) is 5.32. The molecule has 9 nitrogen and oxygen atoms in total. The van der Waals surface area contributed by atoms with Crippen LogP contribution in [0.1, 0.15) is 23.0 Å². The molecule has 0 saturated carbocycles. The number of benzene rings is 1. The molecule has 10 heteroatoms. The summed E-state index contributed by atoms with van der Waals surface area (Å²) >= 11 is 6.28. The van der Waals surface area contributed by atoms with Crippen molar-refractivity contribution in [3.05, 3.63) is 34.7 Å². The summed E-state index contributed by atoms with van der Waals surface area (Å²) in [5.74, 6) is 0.871. The van der Waals surface area contributed by atoms with Gasteiger partial charge in [0.1, 0.15) is 17.7 Å². The van der Waals surface area contributed by atoms with Crippen molar-refractivity contribution >= 4 is 40.1 Å². The number of anilines is 2. The van der Waals surface area contributed by atoms with Crippen molar-refractivity contribution < 1.29 is 14.3 Å². The molecule has 1 N–H and O–H groups in total. The van der Waals surface area contributed by atoms with Crippen LogP contribution >= 0.6 is 11.6 Å². The number of methoxy groups -OCH3 is 2. The molecule has 3 heterocycles. The lowest BCUT2D eigenvalue weighted by Gasteiger charge is -2.37. The molecular formula is C20H23ClN6O3. The van der Waals surface area contributed by atoms with Gasteiger partial charge in [0.25, 0.3) is 0 Å². The highest BCUT2D eigenvalue weighted by atomic mass is 35.5. The van der Waals surface area contributed by atoms with E-state index in [4.69, 9.17) is 21.1 Å². The molecule has 0 radical (unpaired) electrons. The molecule has 158 valence electrons. The van der Waals surface area contributed by atoms with Crippen molar-refractivity contribution in [2.24, 2.45) is 0 Å². The second-order valence-corrected chi connectivity index (χ2v) is 7.36. The first-order valence-electron chi connectivity index (χ1n) is 9.71. The van der Waals surface area contributed by atoms with E-state index in [0.29, 0.717) is 35.1 Å². The number of piperazine rings is 1. The van der Waals surface area contributed by atoms with Gasteiger partial charge in [-0.25, -0.2) is 14.8 Å². The Hall–Kier alpha value is -3.07. The third-order valence-corrected chi connectivity index (χ3v) is 5.54. The predicted octanol–water partition coefficient (Wildman–Crippen LogP) is 2.69. The minimum absolute atomic E-state index is 0.313. The summed E-state index contributed by atoms with van der Waals surface area (Å²) in [6, 6.07) is 3.38. The van der Waals surface area contributed by atoms with Crippen LogP contribution in [-0.4, -0.2) is 66.5 Å². The molecule has 0 unspecified atom stereocenters. The van der Waals surface area contributed by atoms with Gasteiger partial charge >= 0.3 is 5.97 Å². The Morgan fingerprint density at radius 1 is 1.17 bits per heavy atom. The Bertz CT molecular complexity index is 1080. The van der Waals surface area contributed by atoms with Crippen molar-refractivity contribution in [2.75, 3.05) is 50.2 Å². The van der Waals surface area contributed by atoms with Crippen molar-refractivity contribution in [2.45, 2.75) is 13.3 Å². The van der Waals surface area contributed by atoms with Gasteiger partial charge in [0.05, 0.1) is 25.3 Å². The van der Waals surface area contributed by atoms with Crippen molar-refractivity contribution in [3.63, 3.8) is 0 Å². The molecule has 3 aromatic rings. The zero-order chi connectivity index (χ0) is 21.3. The average molecular weight is 431 g/mol. The fourth-order valence-electron chi connectivity index (χ4n) is 3.84. The number of halogens is 1. The molecule has 1 aliphatic heterocycles. The highest BCUT2D eigenvalue weighted by Crippen LogP contribution is 2.37. The van der Waals surface area contributed by atoms with Gasteiger partial charge in [-0.05, 0) is 18.6 Å². The molecule has 0 spiro atoms. The van der Waals surface area contributed by atoms with Crippen molar-refractivity contribution in [1.82, 2.24) is 20.2 Å². The van der Waals surface area contributed by atoms with Crippen LogP contribution in [0.3, 0.4) is 0 Å². The van der Waals surface area contributed by atoms with Gasteiger partial charge in [-0.2, -0.15) is 5.10 Å². The zero-order valence-corrected chi connectivity index (χ0v) is 17.9. The summed E-state index contributed by atoms with van der Waals surface area (Å²) in [4.78, 5) is 25.4. The van der Waals surface area contributed by atoms with E-state index in [-0.39, 0.29) is 0 Å². The van der Waals surface area contributed by atoms with Gasteiger partial charge in [-0.1, -0.05) is 18.5 Å². The van der Waals surface area contributed by atoms with Crippen LogP contribution in [-0.2, 0) is 11.2 Å². The molecular weight excluding hydrogens is 408 g/mol. The number of carbonyl (C=O) groups is 1. The lowest BCUT2D eigenvalue weighted by Crippen LogP contribution is -2.47. The second kappa shape index (κ2) is 8.35. The van der Waals surface area contributed by atoms with Crippen LogP contribution in [0.15, 0.2) is 18.5 Å². The van der Waals surface area contributed by atoms with Crippen LogP contribution in [0, 0.1) is 0 Å². The van der Waals surface area contributed by atoms with Gasteiger partial charge in [0, 0.05) is 36.9 Å². The Morgan fingerprint density at radius 3 is 2.57 bits per heavy atom. The quantitative estimate of drug-likeness (QED) is 0.617. The van der Waals surface area contributed by atoms with Gasteiger partial charge in [-0.15, -0.1) is 0 Å². The summed E-state index contributed by atoms with van der Waals surface area (Å²) in [7, 11) is 2.88. The number of hydrogen-bond donors (Lipinski definition) is 1. The fraction of sp³-hybridized carbons (Fsp3) is 0.400. The fourth-order valence-corrected chi connectivity index (χ4v) is 4.06. The number of rotatable bonds is 5. The summed E-state index contributed by atoms with van der Waals surface area (Å²) in [6.45, 7) is 4.98. The zero-order valence-electron chi connectivity index (χ0n) is 17.1. The van der Waals surface area contributed by atoms with E-state index in [9.17, 15) is 4.79 Å². The van der Waals surface area contributed by atoms with Crippen LogP contribution < -0.4 is 14.5 Å². The van der Waals surface area contributed by atoms with E-state index in [1.165, 1.54) is 14.2 Å². The number of aromatic amines is 1. The molecule has 1 aliphatic rings. The standard InChI is InChI=1S/C20H23ClN6O3/c1-4-14-16-18(25-24-14)22-11-23-19(16)27-7-5-26(6-8-27)15-10-12(21)9-13(17(15)29-2)20(28)30-3/h9-11H,4-8H2,1-3H3,(H,22,23,24,25). The summed E-state index contributed by atoms with van der Waals surface area (Å²) < 4.78 is 10.4. The first-order valence-corrected chi connectivity index (χ1v) is 10.1. The Kier molecular flexibility index (Phi) is 5.63. The number of hydrogen-bond acceptors (Lipinski definition) is 8. The highest BCUT2D eigenvalue weighted by molar-refractivity contribution is 6.31. The summed E-state index contributed by atoms with van der Waals surface area (Å²) in [5, 5.41) is 8.77. The third kappa shape index (κ3) is 3.49. The van der Waals surface area contributed by atoms with Crippen LogP contribution in [0.4, 0.5) is 11.5 Å². The van der Waals surface area contributed by atoms with Crippen LogP contribution in [0.25, 0.3) is 11.0 Å². The smallest absolute Gasteiger partial charge is 0.341 e. The SMILES string of the molecule is CCc1[nH]nc2ncnc(N3CCN(c4cc(Cl)cc(C(=O)OC)c4OC)CC3)c12. The monoisotopic (exact) mass is 430 g/mol. The minimum atomic E-state index is -0.482. The largest absolute Gasteiger partial charge is 0.494 e. The minimum Gasteiger partial charge on any atom is -0.494 e. The van der Waals surface area contributed by atoms with E-state index in [1.807, 2.05) is 6.07 Å². The van der Waals surface area contributed by atoms with E-state index in [1.54, 1.807) is 12.4 Å². The molecule has 1 saturated heterocycles. The van der Waals surface area contributed by atoms with Gasteiger partial charge in [0.2, 0.25) is 0 Å². The van der Waals surface area contributed by atoms with E-state index >= 15 is 0 Å². The molecule has 1 aromatic carbocycles. The van der Waals surface area contributed by atoms with Gasteiger partial charge in [-0.3, -0.25) is 5.10 Å². The van der Waals surface area contributed by atoms with Crippen LogP contribution in [0.2, 0.25) is 5.02 Å². The van der Waals surface area contributed by atoms with Gasteiger partial charge < -0.3 is 19.3 Å². The topological polar surface area (TPSA) is 96.5 Å². The Labute approximate surface area is 178 Å². The Balaban J connectivity index is 1.61. The number of nitrogens with zero attached hydrogens (tertiary/aromatic N) is 5. The van der Waals surface area contributed by atoms with E-state index < -0.39 is 5.97 Å². The predicted molar refractivity (Wildman–Crippen MR) is 115 cm³/mol. The maximum atomic E-state index is 12.2. The Morgan fingerprint density at radius 2 is 1.90 bits per heavy atom. The second-order valence-electron chi connectivity index (χ2n) is 6.92. The number of H-pyrrole nitrogens is 1. The lowest BCUT2D eigenvalue weighted by molar-refractivity contribution is 0.0597. The highest BCUT2D eigenvalue weighted by Gasteiger charge is 2.26. The maximum absolute atomic E-state index is 12.2. The molecule has 1 fully saturated rings. The number of aryl methyl sites for hydroxylation is 1. The lowest BCUT2D eigenvalue weighted by atomic mass is 10.1. The number of ether oxygens (including phenoxy) is 2. The average Bonchev–Trinajstić information content (AvgIpc) is 3.21. The summed E-state index contributed by atoms with van der Waals surface area (Å²) in [5.41, 5.74) is 2.80. The number of aromatic nitrogens is 4. The maximum Gasteiger partial charge on any atom is 0.341 e. The van der Waals surface area contributed by atoms with Crippen molar-refractivity contribution in [3.8, 4) is 5.75 Å². The van der Waals surface area contributed by atoms with E-state index in [2.05, 4.69) is 36.9 Å². The number of carbonyl (C=O) groups excluding carboxylic acids is 1. The van der Waals surface area contributed by atoms with Crippen molar-refractivity contribution in [1.29, 1.82) is 0 Å². The first kappa shape index (κ1) is 20.2. The van der Waals surface area contributed by atoms with Crippen LogP contribution in [0.5, 0.6) is 5.75 Å². The molecule has 0 atom stereocenters.